The van der Waals surface area contributed by atoms with Gasteiger partial charge >= 0.3 is 0 Å². The predicted molar refractivity (Wildman–Crippen MR) is 70.3 cm³/mol. The highest BCUT2D eigenvalue weighted by Gasteiger charge is 2.26. The minimum Gasteiger partial charge on any atom is -0.271 e. The molecule has 0 aliphatic heterocycles. The van der Waals surface area contributed by atoms with Gasteiger partial charge in [0.15, 0.2) is 0 Å². The predicted octanol–water partition coefficient (Wildman–Crippen LogP) is 2.95. The van der Waals surface area contributed by atoms with E-state index in [-0.39, 0.29) is 0 Å². The van der Waals surface area contributed by atoms with Crippen LogP contribution >= 0.6 is 11.3 Å². The molecule has 1 aliphatic rings. The second kappa shape index (κ2) is 5.80. The van der Waals surface area contributed by atoms with Crippen molar-refractivity contribution in [2.24, 2.45) is 17.7 Å². The van der Waals surface area contributed by atoms with Crippen molar-refractivity contribution in [1.82, 2.24) is 5.43 Å². The molecule has 1 heterocycles. The van der Waals surface area contributed by atoms with Crippen LogP contribution in [0.2, 0.25) is 0 Å². The largest absolute Gasteiger partial charge is 0.271 e. The first kappa shape index (κ1) is 12.1. The van der Waals surface area contributed by atoms with E-state index in [9.17, 15) is 0 Å². The molecule has 0 saturated heterocycles. The number of hydrazine groups is 1. The van der Waals surface area contributed by atoms with Crippen LogP contribution in [-0.2, 0) is 6.42 Å². The summed E-state index contributed by atoms with van der Waals surface area (Å²) in [5.41, 5.74) is 4.46. The zero-order chi connectivity index (χ0) is 11.4. The van der Waals surface area contributed by atoms with Gasteiger partial charge in [-0.15, -0.1) is 0 Å². The van der Waals surface area contributed by atoms with Crippen LogP contribution in [0.15, 0.2) is 16.8 Å². The molecule has 1 aromatic rings. The topological polar surface area (TPSA) is 38.0 Å². The van der Waals surface area contributed by atoms with Gasteiger partial charge in [-0.1, -0.05) is 19.8 Å². The van der Waals surface area contributed by atoms with Crippen LogP contribution in [0.25, 0.3) is 0 Å². The molecule has 2 rings (SSSR count). The molecule has 3 unspecified atom stereocenters. The Balaban J connectivity index is 1.93. The quantitative estimate of drug-likeness (QED) is 0.625. The van der Waals surface area contributed by atoms with E-state index in [0.717, 1.165) is 18.3 Å². The van der Waals surface area contributed by atoms with Crippen molar-refractivity contribution in [1.29, 1.82) is 0 Å². The van der Waals surface area contributed by atoms with Crippen molar-refractivity contribution in [2.75, 3.05) is 0 Å². The van der Waals surface area contributed by atoms with Gasteiger partial charge in [0.25, 0.3) is 0 Å². The van der Waals surface area contributed by atoms with E-state index >= 15 is 0 Å². The van der Waals surface area contributed by atoms with Crippen molar-refractivity contribution in [3.8, 4) is 0 Å². The summed E-state index contributed by atoms with van der Waals surface area (Å²) in [5, 5.41) is 4.38. The van der Waals surface area contributed by atoms with Gasteiger partial charge in [0.2, 0.25) is 0 Å². The number of hydrogen-bond donors (Lipinski definition) is 2. The van der Waals surface area contributed by atoms with E-state index in [1.165, 1.54) is 31.2 Å². The molecule has 2 nitrogen and oxygen atoms in total. The molecule has 0 bridgehead atoms. The molecule has 1 fully saturated rings. The summed E-state index contributed by atoms with van der Waals surface area (Å²) in [4.78, 5) is 0. The second-order valence-corrected chi connectivity index (χ2v) is 5.92. The Morgan fingerprint density at radius 1 is 1.56 bits per heavy atom. The van der Waals surface area contributed by atoms with Gasteiger partial charge in [-0.2, -0.15) is 11.3 Å². The Kier molecular flexibility index (Phi) is 4.38. The van der Waals surface area contributed by atoms with Crippen molar-refractivity contribution in [3.05, 3.63) is 22.4 Å². The molecule has 0 amide bonds. The molecule has 16 heavy (non-hydrogen) atoms. The third kappa shape index (κ3) is 3.06. The summed E-state index contributed by atoms with van der Waals surface area (Å²) in [6, 6.07) is 2.67. The van der Waals surface area contributed by atoms with E-state index in [4.69, 9.17) is 5.84 Å². The average Bonchev–Trinajstić information content (AvgIpc) is 2.78. The minimum atomic E-state index is 0.456. The van der Waals surface area contributed by atoms with Gasteiger partial charge in [0.05, 0.1) is 0 Å². The van der Waals surface area contributed by atoms with Gasteiger partial charge in [0, 0.05) is 6.04 Å². The number of nitrogens with one attached hydrogen (secondary N) is 1. The average molecular weight is 238 g/mol. The van der Waals surface area contributed by atoms with E-state index in [1.54, 1.807) is 11.3 Å². The van der Waals surface area contributed by atoms with Crippen LogP contribution in [0.4, 0.5) is 0 Å². The molecule has 0 radical (unpaired) electrons. The molecule has 3 N–H and O–H groups in total. The standard InChI is InChI=1S/C13H22N2S/c1-10-3-2-4-12(7-10)13(15-14)8-11-5-6-16-9-11/h5-6,9-10,12-13,15H,2-4,7-8,14H2,1H3. The third-order valence-electron chi connectivity index (χ3n) is 3.80. The molecule has 0 aromatic carbocycles. The minimum absolute atomic E-state index is 0.456. The maximum atomic E-state index is 5.72. The first-order valence-electron chi connectivity index (χ1n) is 6.26. The Bertz CT molecular complexity index is 297. The summed E-state index contributed by atoms with van der Waals surface area (Å²) < 4.78 is 0. The van der Waals surface area contributed by atoms with Gasteiger partial charge in [-0.3, -0.25) is 11.3 Å². The maximum absolute atomic E-state index is 5.72. The molecule has 3 heteroatoms. The van der Waals surface area contributed by atoms with Crippen molar-refractivity contribution < 1.29 is 0 Å². The molecular formula is C13H22N2S. The molecular weight excluding hydrogens is 216 g/mol. The van der Waals surface area contributed by atoms with Crippen molar-refractivity contribution >= 4 is 11.3 Å². The van der Waals surface area contributed by atoms with Crippen molar-refractivity contribution in [2.45, 2.75) is 45.1 Å². The molecule has 1 aliphatic carbocycles. The molecule has 1 saturated carbocycles. The molecule has 3 atom stereocenters. The van der Waals surface area contributed by atoms with Crippen LogP contribution in [0.5, 0.6) is 0 Å². The van der Waals surface area contributed by atoms with Gasteiger partial charge < -0.3 is 0 Å². The highest BCUT2D eigenvalue weighted by Crippen LogP contribution is 2.31. The van der Waals surface area contributed by atoms with E-state index in [2.05, 4.69) is 29.2 Å². The zero-order valence-electron chi connectivity index (χ0n) is 9.99. The van der Waals surface area contributed by atoms with E-state index < -0.39 is 0 Å². The Morgan fingerprint density at radius 3 is 3.06 bits per heavy atom. The number of thiophene rings is 1. The van der Waals surface area contributed by atoms with Gasteiger partial charge in [-0.05, 0) is 53.5 Å². The van der Waals surface area contributed by atoms with Crippen LogP contribution in [0, 0.1) is 11.8 Å². The summed E-state index contributed by atoms with van der Waals surface area (Å²) in [7, 11) is 0. The molecule has 0 spiro atoms. The van der Waals surface area contributed by atoms with Crippen molar-refractivity contribution in [3.63, 3.8) is 0 Å². The fourth-order valence-electron chi connectivity index (χ4n) is 2.87. The first-order chi connectivity index (χ1) is 7.79. The molecule has 1 aromatic heterocycles. The number of nitrogens with two attached hydrogens (primary N) is 1. The van der Waals surface area contributed by atoms with Crippen LogP contribution < -0.4 is 11.3 Å². The summed E-state index contributed by atoms with van der Waals surface area (Å²) in [5.74, 6) is 7.35. The third-order valence-corrected chi connectivity index (χ3v) is 4.53. The fourth-order valence-corrected chi connectivity index (χ4v) is 3.55. The highest BCUT2D eigenvalue weighted by molar-refractivity contribution is 7.07. The number of hydrogen-bond acceptors (Lipinski definition) is 3. The van der Waals surface area contributed by atoms with Crippen LogP contribution in [0.1, 0.15) is 38.2 Å². The van der Waals surface area contributed by atoms with Gasteiger partial charge in [0.1, 0.15) is 0 Å². The first-order valence-corrected chi connectivity index (χ1v) is 7.21. The smallest absolute Gasteiger partial charge is 0.0279 e. The normalized spacial score (nSPS) is 27.9. The van der Waals surface area contributed by atoms with Crippen LogP contribution in [0.3, 0.4) is 0 Å². The van der Waals surface area contributed by atoms with E-state index in [0.29, 0.717) is 6.04 Å². The highest BCUT2D eigenvalue weighted by atomic mass is 32.1. The fraction of sp³-hybridized carbons (Fsp3) is 0.692. The lowest BCUT2D eigenvalue weighted by Gasteiger charge is -2.32. The molecule has 90 valence electrons. The van der Waals surface area contributed by atoms with Crippen LogP contribution in [-0.4, -0.2) is 6.04 Å². The lowest BCUT2D eigenvalue weighted by atomic mass is 9.77. The summed E-state index contributed by atoms with van der Waals surface area (Å²) >= 11 is 1.77. The monoisotopic (exact) mass is 238 g/mol. The summed E-state index contributed by atoms with van der Waals surface area (Å²) in [6.45, 7) is 2.37. The van der Waals surface area contributed by atoms with E-state index in [1.807, 2.05) is 0 Å². The number of rotatable bonds is 4. The van der Waals surface area contributed by atoms with Gasteiger partial charge in [-0.25, -0.2) is 0 Å². The SMILES string of the molecule is CC1CCCC(C(Cc2ccsc2)NN)C1. The maximum Gasteiger partial charge on any atom is 0.0279 e. The lowest BCUT2D eigenvalue weighted by Crippen LogP contribution is -2.43. The second-order valence-electron chi connectivity index (χ2n) is 5.14. The Morgan fingerprint density at radius 2 is 2.44 bits per heavy atom. The zero-order valence-corrected chi connectivity index (χ0v) is 10.8. The summed E-state index contributed by atoms with van der Waals surface area (Å²) in [6.07, 6.45) is 6.51. The lowest BCUT2D eigenvalue weighted by molar-refractivity contribution is 0.222. The Hall–Kier alpha value is -0.380. The Labute approximate surface area is 102 Å².